The molecule has 0 saturated carbocycles. The van der Waals surface area contributed by atoms with Gasteiger partial charge in [0.2, 0.25) is 0 Å². The van der Waals surface area contributed by atoms with Gasteiger partial charge in [0.05, 0.1) is 13.1 Å². The Morgan fingerprint density at radius 3 is 2.55 bits per heavy atom. The summed E-state index contributed by atoms with van der Waals surface area (Å²) < 4.78 is 31.8. The van der Waals surface area contributed by atoms with Gasteiger partial charge in [0.15, 0.2) is 6.10 Å². The van der Waals surface area contributed by atoms with E-state index >= 15 is 0 Å². The highest BCUT2D eigenvalue weighted by molar-refractivity contribution is 5.80. The molecule has 1 aromatic rings. The van der Waals surface area contributed by atoms with Crippen LogP contribution < -0.4 is 15.8 Å². The summed E-state index contributed by atoms with van der Waals surface area (Å²) in [5.41, 5.74) is 6.90. The van der Waals surface area contributed by atoms with Crippen LogP contribution in [0.2, 0.25) is 0 Å². The van der Waals surface area contributed by atoms with Crippen molar-refractivity contribution < 1.29 is 18.3 Å². The van der Waals surface area contributed by atoms with Gasteiger partial charge in [-0.25, -0.2) is 8.78 Å². The molecule has 0 bridgehead atoms. The van der Waals surface area contributed by atoms with Crippen molar-refractivity contribution in [2.75, 3.05) is 13.1 Å². The number of nitrogens with two attached hydrogens (primary N) is 1. The zero-order valence-electron chi connectivity index (χ0n) is 13.5. The predicted molar refractivity (Wildman–Crippen MR) is 82.4 cm³/mol. The van der Waals surface area contributed by atoms with E-state index in [0.29, 0.717) is 5.75 Å². The first-order chi connectivity index (χ1) is 10.2. The van der Waals surface area contributed by atoms with Gasteiger partial charge in [-0.3, -0.25) is 4.79 Å². The van der Waals surface area contributed by atoms with Crippen LogP contribution in [0, 0.1) is 6.92 Å². The van der Waals surface area contributed by atoms with Crippen LogP contribution in [-0.4, -0.2) is 31.0 Å². The molecule has 0 spiro atoms. The first-order valence-corrected chi connectivity index (χ1v) is 7.29. The van der Waals surface area contributed by atoms with Crippen molar-refractivity contribution in [2.45, 2.75) is 45.6 Å². The number of carbonyl (C=O) groups excluding carboxylic acids is 1. The highest BCUT2D eigenvalue weighted by atomic mass is 19.3. The summed E-state index contributed by atoms with van der Waals surface area (Å²) in [5.74, 6) is -2.87. The summed E-state index contributed by atoms with van der Waals surface area (Å²) in [6.45, 7) is 5.89. The Kier molecular flexibility index (Phi) is 6.29. The lowest BCUT2D eigenvalue weighted by molar-refractivity contribution is -0.129. The van der Waals surface area contributed by atoms with E-state index < -0.39 is 31.0 Å². The molecule has 0 radical (unpaired) electrons. The Morgan fingerprint density at radius 2 is 2.00 bits per heavy atom. The maximum atomic E-state index is 13.0. The van der Waals surface area contributed by atoms with Crippen LogP contribution in [-0.2, 0) is 4.79 Å². The normalized spacial score (nSPS) is 13.1. The number of rotatable bonds is 7. The molecule has 0 aliphatic rings. The third kappa shape index (κ3) is 5.26. The van der Waals surface area contributed by atoms with E-state index in [2.05, 4.69) is 5.32 Å². The number of benzene rings is 1. The lowest BCUT2D eigenvalue weighted by Gasteiger charge is -2.20. The van der Waals surface area contributed by atoms with Crippen LogP contribution in [0.25, 0.3) is 0 Å². The van der Waals surface area contributed by atoms with E-state index in [-0.39, 0.29) is 5.92 Å². The second-order valence-corrected chi connectivity index (χ2v) is 5.73. The van der Waals surface area contributed by atoms with Crippen LogP contribution in [0.4, 0.5) is 8.78 Å². The second kappa shape index (κ2) is 7.54. The van der Waals surface area contributed by atoms with E-state index in [4.69, 9.17) is 10.5 Å². The molecule has 1 atom stereocenters. The molecule has 1 amide bonds. The Bertz CT molecular complexity index is 519. The third-order valence-electron chi connectivity index (χ3n) is 3.28. The molecule has 22 heavy (non-hydrogen) atoms. The average Bonchev–Trinajstić information content (AvgIpc) is 2.44. The van der Waals surface area contributed by atoms with Crippen molar-refractivity contribution in [3.63, 3.8) is 0 Å². The molecule has 3 N–H and O–H groups in total. The molecule has 1 rings (SSSR count). The number of nitrogens with one attached hydrogen (secondary N) is 1. The summed E-state index contributed by atoms with van der Waals surface area (Å²) in [4.78, 5) is 11.9. The van der Waals surface area contributed by atoms with Gasteiger partial charge in [-0.05, 0) is 37.0 Å². The Hall–Kier alpha value is -1.69. The summed E-state index contributed by atoms with van der Waals surface area (Å²) in [5, 5.41) is 2.16. The zero-order valence-corrected chi connectivity index (χ0v) is 13.5. The molecule has 6 heteroatoms. The molecular formula is C16H24F2N2O2. The van der Waals surface area contributed by atoms with E-state index in [1.165, 1.54) is 6.92 Å². The second-order valence-electron chi connectivity index (χ2n) is 5.73. The van der Waals surface area contributed by atoms with Crippen molar-refractivity contribution in [1.82, 2.24) is 5.32 Å². The van der Waals surface area contributed by atoms with Gasteiger partial charge in [-0.15, -0.1) is 0 Å². The maximum Gasteiger partial charge on any atom is 0.277 e. The van der Waals surface area contributed by atoms with E-state index in [1.807, 2.05) is 39.0 Å². The van der Waals surface area contributed by atoms with E-state index in [9.17, 15) is 13.6 Å². The predicted octanol–water partition coefficient (Wildman–Crippen LogP) is 2.60. The summed E-state index contributed by atoms with van der Waals surface area (Å²) in [6.07, 6.45) is -0.868. The van der Waals surface area contributed by atoms with Gasteiger partial charge in [0.1, 0.15) is 5.75 Å². The quantitative estimate of drug-likeness (QED) is 0.813. The van der Waals surface area contributed by atoms with Crippen LogP contribution in [0.5, 0.6) is 5.75 Å². The minimum Gasteiger partial charge on any atom is -0.481 e. The number of hydrogen-bond acceptors (Lipinski definition) is 3. The summed E-state index contributed by atoms with van der Waals surface area (Å²) >= 11 is 0. The number of carbonyl (C=O) groups is 1. The minimum atomic E-state index is -3.11. The van der Waals surface area contributed by atoms with Crippen molar-refractivity contribution in [3.05, 3.63) is 29.3 Å². The smallest absolute Gasteiger partial charge is 0.277 e. The number of hydrogen-bond donors (Lipinski definition) is 2. The fraction of sp³-hybridized carbons (Fsp3) is 0.562. The maximum absolute atomic E-state index is 13.0. The van der Waals surface area contributed by atoms with Gasteiger partial charge in [0, 0.05) is 0 Å². The van der Waals surface area contributed by atoms with Crippen LogP contribution in [0.3, 0.4) is 0 Å². The lowest BCUT2D eigenvalue weighted by atomic mass is 10.0. The lowest BCUT2D eigenvalue weighted by Crippen LogP contribution is -2.45. The minimum absolute atomic E-state index is 0.229. The number of amides is 1. The Balaban J connectivity index is 2.74. The molecule has 124 valence electrons. The molecule has 1 aromatic carbocycles. The number of aryl methyl sites for hydroxylation is 1. The van der Waals surface area contributed by atoms with Gasteiger partial charge in [-0.1, -0.05) is 26.0 Å². The van der Waals surface area contributed by atoms with Gasteiger partial charge in [-0.2, -0.15) is 0 Å². The Labute approximate surface area is 130 Å². The zero-order chi connectivity index (χ0) is 16.9. The average molecular weight is 314 g/mol. The van der Waals surface area contributed by atoms with Gasteiger partial charge < -0.3 is 15.8 Å². The van der Waals surface area contributed by atoms with Crippen molar-refractivity contribution in [2.24, 2.45) is 5.73 Å². The third-order valence-corrected chi connectivity index (χ3v) is 3.28. The fourth-order valence-electron chi connectivity index (χ4n) is 1.90. The SMILES string of the molecule is Cc1ccc(C(C)C)c(OC(C)C(=O)NCC(F)(F)CN)c1. The molecular weight excluding hydrogens is 290 g/mol. The molecule has 0 saturated heterocycles. The van der Waals surface area contributed by atoms with Crippen molar-refractivity contribution in [1.29, 1.82) is 0 Å². The first-order valence-electron chi connectivity index (χ1n) is 7.29. The molecule has 0 aliphatic carbocycles. The summed E-state index contributed by atoms with van der Waals surface area (Å²) in [6, 6.07) is 5.75. The fourth-order valence-corrected chi connectivity index (χ4v) is 1.90. The summed E-state index contributed by atoms with van der Waals surface area (Å²) in [7, 11) is 0. The van der Waals surface area contributed by atoms with Crippen LogP contribution >= 0.6 is 0 Å². The molecule has 0 fully saturated rings. The van der Waals surface area contributed by atoms with Crippen molar-refractivity contribution in [3.8, 4) is 5.75 Å². The van der Waals surface area contributed by atoms with Crippen LogP contribution in [0.15, 0.2) is 18.2 Å². The topological polar surface area (TPSA) is 64.3 Å². The highest BCUT2D eigenvalue weighted by Gasteiger charge is 2.28. The Morgan fingerprint density at radius 1 is 1.36 bits per heavy atom. The molecule has 1 unspecified atom stereocenters. The van der Waals surface area contributed by atoms with E-state index in [0.717, 1.165) is 11.1 Å². The van der Waals surface area contributed by atoms with Crippen molar-refractivity contribution >= 4 is 5.91 Å². The van der Waals surface area contributed by atoms with E-state index in [1.54, 1.807) is 0 Å². The van der Waals surface area contributed by atoms with Crippen LogP contribution in [0.1, 0.15) is 37.8 Å². The highest BCUT2D eigenvalue weighted by Crippen LogP contribution is 2.28. The first kappa shape index (κ1) is 18.4. The molecule has 0 aliphatic heterocycles. The largest absolute Gasteiger partial charge is 0.481 e. The van der Waals surface area contributed by atoms with Gasteiger partial charge >= 0.3 is 0 Å². The monoisotopic (exact) mass is 314 g/mol. The number of halogens is 2. The van der Waals surface area contributed by atoms with Gasteiger partial charge in [0.25, 0.3) is 11.8 Å². The number of alkyl halides is 2. The molecule has 4 nitrogen and oxygen atoms in total. The number of ether oxygens (including phenoxy) is 1. The molecule has 0 heterocycles. The molecule has 0 aromatic heterocycles. The standard InChI is InChI=1S/C16H24F2N2O2/c1-10(2)13-6-5-11(3)7-14(13)22-12(4)15(21)20-9-16(17,18)8-19/h5-7,10,12H,8-9,19H2,1-4H3,(H,20,21).